The van der Waals surface area contributed by atoms with Gasteiger partial charge in [0.25, 0.3) is 0 Å². The molecule has 0 saturated heterocycles. The number of ether oxygens (including phenoxy) is 1. The molecule has 17 heavy (non-hydrogen) atoms. The zero-order valence-corrected chi connectivity index (χ0v) is 12.4. The van der Waals surface area contributed by atoms with E-state index in [4.69, 9.17) is 4.74 Å². The molecule has 0 spiro atoms. The summed E-state index contributed by atoms with van der Waals surface area (Å²) in [6.07, 6.45) is 0.729. The molecule has 0 aromatic heterocycles. The molecule has 2 unspecified atom stereocenters. The first-order valence-electron chi connectivity index (χ1n) is 5.92. The van der Waals surface area contributed by atoms with Gasteiger partial charge in [-0.1, -0.05) is 48.8 Å². The first-order chi connectivity index (χ1) is 7.97. The molecule has 3 heteroatoms. The molecule has 0 N–H and O–H groups in total. The van der Waals surface area contributed by atoms with Crippen LogP contribution in [0, 0.1) is 17.7 Å². The van der Waals surface area contributed by atoms with Gasteiger partial charge >= 0.3 is 0 Å². The fourth-order valence-electron chi connectivity index (χ4n) is 2.05. The lowest BCUT2D eigenvalue weighted by molar-refractivity contribution is 0.363. The van der Waals surface area contributed by atoms with Gasteiger partial charge in [-0.15, -0.1) is 0 Å². The lowest BCUT2D eigenvalue weighted by Crippen LogP contribution is -2.21. The highest BCUT2D eigenvalue weighted by atomic mass is 79.9. The summed E-state index contributed by atoms with van der Waals surface area (Å²) in [6.45, 7) is 6.45. The van der Waals surface area contributed by atoms with E-state index in [9.17, 15) is 4.39 Å². The van der Waals surface area contributed by atoms with Gasteiger partial charge in [0.15, 0.2) is 11.6 Å². The van der Waals surface area contributed by atoms with Gasteiger partial charge < -0.3 is 4.74 Å². The Morgan fingerprint density at radius 3 is 2.41 bits per heavy atom. The van der Waals surface area contributed by atoms with Crippen LogP contribution < -0.4 is 4.74 Å². The number of methoxy groups -OCH3 is 1. The summed E-state index contributed by atoms with van der Waals surface area (Å²) in [5.41, 5.74) is 0.731. The maximum absolute atomic E-state index is 14.0. The molecule has 0 bridgehead atoms. The quantitative estimate of drug-likeness (QED) is 0.731. The molecule has 1 nitrogen and oxygen atoms in total. The summed E-state index contributed by atoms with van der Waals surface area (Å²) in [4.78, 5) is 0.369. The Labute approximate surface area is 111 Å². The Morgan fingerprint density at radius 1 is 1.29 bits per heavy atom. The summed E-state index contributed by atoms with van der Waals surface area (Å²) in [6, 6.07) is 5.33. The van der Waals surface area contributed by atoms with Crippen molar-refractivity contribution in [2.75, 3.05) is 7.11 Å². The largest absolute Gasteiger partial charge is 0.494 e. The van der Waals surface area contributed by atoms with Crippen LogP contribution in [0.1, 0.15) is 26.3 Å². The predicted molar refractivity (Wildman–Crippen MR) is 73.4 cm³/mol. The van der Waals surface area contributed by atoms with Gasteiger partial charge in [0.05, 0.1) is 7.11 Å². The summed E-state index contributed by atoms with van der Waals surface area (Å²) in [5.74, 6) is 1.02. The van der Waals surface area contributed by atoms with Crippen molar-refractivity contribution < 1.29 is 9.13 Å². The second-order valence-corrected chi connectivity index (χ2v) is 6.17. The Kier molecular flexibility index (Phi) is 5.44. The van der Waals surface area contributed by atoms with Gasteiger partial charge in [0, 0.05) is 4.83 Å². The van der Waals surface area contributed by atoms with Crippen LogP contribution in [0.25, 0.3) is 0 Å². The zero-order chi connectivity index (χ0) is 13.0. The van der Waals surface area contributed by atoms with Gasteiger partial charge in [-0.25, -0.2) is 4.39 Å². The Morgan fingerprint density at radius 2 is 1.94 bits per heavy atom. The van der Waals surface area contributed by atoms with E-state index >= 15 is 0 Å². The first kappa shape index (κ1) is 14.5. The van der Waals surface area contributed by atoms with Crippen molar-refractivity contribution in [2.24, 2.45) is 11.8 Å². The number of benzene rings is 1. The highest BCUT2D eigenvalue weighted by Crippen LogP contribution is 2.29. The molecule has 96 valence electrons. The van der Waals surface area contributed by atoms with Crippen molar-refractivity contribution in [1.82, 2.24) is 0 Å². The smallest absolute Gasteiger partial charge is 0.168 e. The van der Waals surface area contributed by atoms with Gasteiger partial charge in [0.2, 0.25) is 0 Å². The lowest BCUT2D eigenvalue weighted by atomic mass is 9.87. The molecule has 0 amide bonds. The van der Waals surface area contributed by atoms with Crippen molar-refractivity contribution in [3.05, 3.63) is 29.6 Å². The lowest BCUT2D eigenvalue weighted by Gasteiger charge is -2.24. The third kappa shape index (κ3) is 3.70. The van der Waals surface area contributed by atoms with Crippen LogP contribution in [0.4, 0.5) is 4.39 Å². The third-order valence-corrected chi connectivity index (χ3v) is 3.84. The molecule has 0 aliphatic heterocycles. The van der Waals surface area contributed by atoms with E-state index in [1.54, 1.807) is 6.07 Å². The van der Waals surface area contributed by atoms with Crippen LogP contribution in [0.5, 0.6) is 5.75 Å². The van der Waals surface area contributed by atoms with E-state index in [-0.39, 0.29) is 5.82 Å². The molecule has 0 heterocycles. The maximum Gasteiger partial charge on any atom is 0.168 e. The van der Waals surface area contributed by atoms with Crippen LogP contribution in [-0.4, -0.2) is 11.9 Å². The van der Waals surface area contributed by atoms with Crippen LogP contribution >= 0.6 is 15.9 Å². The number of hydrogen-bond acceptors (Lipinski definition) is 1. The van der Waals surface area contributed by atoms with Gasteiger partial charge in [-0.05, 0) is 29.9 Å². The van der Waals surface area contributed by atoms with E-state index in [2.05, 4.69) is 36.7 Å². The Balaban J connectivity index is 2.93. The predicted octanol–water partition coefficient (Wildman–Crippen LogP) is 4.43. The minimum absolute atomic E-state index is 0.228. The SMILES string of the molecule is COc1cccc(CC(C(C)C)C(C)Br)c1F. The number of alkyl halides is 1. The zero-order valence-electron chi connectivity index (χ0n) is 10.8. The molecule has 2 atom stereocenters. The maximum atomic E-state index is 14.0. The highest BCUT2D eigenvalue weighted by Gasteiger charge is 2.21. The normalized spacial score (nSPS) is 14.8. The highest BCUT2D eigenvalue weighted by molar-refractivity contribution is 9.09. The number of rotatable bonds is 5. The fraction of sp³-hybridized carbons (Fsp3) is 0.571. The molecule has 0 aliphatic carbocycles. The van der Waals surface area contributed by atoms with E-state index in [1.165, 1.54) is 7.11 Å². The minimum Gasteiger partial charge on any atom is -0.494 e. The van der Waals surface area contributed by atoms with Crippen molar-refractivity contribution in [2.45, 2.75) is 32.0 Å². The van der Waals surface area contributed by atoms with Gasteiger partial charge in [0.1, 0.15) is 0 Å². The monoisotopic (exact) mass is 302 g/mol. The van der Waals surface area contributed by atoms with Gasteiger partial charge in [-0.3, -0.25) is 0 Å². The van der Waals surface area contributed by atoms with E-state index in [0.29, 0.717) is 22.4 Å². The average Bonchev–Trinajstić information content (AvgIpc) is 2.26. The van der Waals surface area contributed by atoms with Crippen LogP contribution in [0.15, 0.2) is 18.2 Å². The molecule has 0 fully saturated rings. The number of hydrogen-bond donors (Lipinski definition) is 0. The molecule has 1 aromatic carbocycles. The van der Waals surface area contributed by atoms with Crippen LogP contribution in [0.3, 0.4) is 0 Å². The van der Waals surface area contributed by atoms with Crippen molar-refractivity contribution in [1.29, 1.82) is 0 Å². The number of halogens is 2. The molecule has 0 radical (unpaired) electrons. The molecule has 1 aromatic rings. The van der Waals surface area contributed by atoms with Gasteiger partial charge in [-0.2, -0.15) is 0 Å². The van der Waals surface area contributed by atoms with Crippen molar-refractivity contribution >= 4 is 15.9 Å². The molecule has 0 aliphatic rings. The Hall–Kier alpha value is -0.570. The van der Waals surface area contributed by atoms with E-state index in [1.807, 2.05) is 12.1 Å². The minimum atomic E-state index is -0.228. The van der Waals surface area contributed by atoms with Crippen LogP contribution in [0.2, 0.25) is 0 Å². The summed E-state index contributed by atoms with van der Waals surface area (Å²) < 4.78 is 19.0. The average molecular weight is 303 g/mol. The van der Waals surface area contributed by atoms with Crippen LogP contribution in [-0.2, 0) is 6.42 Å². The van der Waals surface area contributed by atoms with Crippen molar-refractivity contribution in [3.8, 4) is 5.75 Å². The summed E-state index contributed by atoms with van der Waals surface area (Å²) in [5, 5.41) is 0. The fourth-order valence-corrected chi connectivity index (χ4v) is 2.85. The summed E-state index contributed by atoms with van der Waals surface area (Å²) >= 11 is 3.61. The topological polar surface area (TPSA) is 9.23 Å². The third-order valence-electron chi connectivity index (χ3n) is 3.17. The molecule has 0 saturated carbocycles. The molecule has 1 rings (SSSR count). The summed E-state index contributed by atoms with van der Waals surface area (Å²) in [7, 11) is 1.50. The second kappa shape index (κ2) is 6.39. The van der Waals surface area contributed by atoms with Crippen molar-refractivity contribution in [3.63, 3.8) is 0 Å². The van der Waals surface area contributed by atoms with E-state index in [0.717, 1.165) is 12.0 Å². The molecular weight excluding hydrogens is 283 g/mol. The first-order valence-corrected chi connectivity index (χ1v) is 6.84. The van der Waals surface area contributed by atoms with E-state index < -0.39 is 0 Å². The molecular formula is C14H20BrFO. The Bertz CT molecular complexity index is 355. The standard InChI is InChI=1S/C14H20BrFO/c1-9(2)12(10(3)15)8-11-6-5-7-13(17-4)14(11)16/h5-7,9-10,12H,8H2,1-4H3. The second-order valence-electron chi connectivity index (χ2n) is 4.72.